The number of hydrogen-bond donors (Lipinski definition) is 3. The highest BCUT2D eigenvalue weighted by Crippen LogP contribution is 2.34. The molecule has 1 aromatic heterocycles. The summed E-state index contributed by atoms with van der Waals surface area (Å²) in [5.41, 5.74) is 1.43. The fourth-order valence-corrected chi connectivity index (χ4v) is 4.86. The van der Waals surface area contributed by atoms with Gasteiger partial charge in [-0.25, -0.2) is 19.1 Å². The lowest BCUT2D eigenvalue weighted by Gasteiger charge is -2.20. The molecule has 0 radical (unpaired) electrons. The average Bonchev–Trinajstić information content (AvgIpc) is 3.12. The molecule has 162 valence electrons. The molecule has 0 aliphatic rings. The van der Waals surface area contributed by atoms with Crippen LogP contribution in [0, 0.1) is 11.3 Å². The summed E-state index contributed by atoms with van der Waals surface area (Å²) >= 11 is 0.945. The largest absolute Gasteiger partial charge is 0.385 e. The number of rotatable bonds is 5. The number of carbonyl (C=O) groups is 1. The Morgan fingerprint density at radius 3 is 2.23 bits per heavy atom. The van der Waals surface area contributed by atoms with Crippen LogP contribution in [-0.2, 0) is 15.5 Å². The van der Waals surface area contributed by atoms with Crippen molar-refractivity contribution >= 4 is 33.0 Å². The van der Waals surface area contributed by atoms with Gasteiger partial charge in [-0.3, -0.25) is 0 Å². The predicted octanol–water partition coefficient (Wildman–Crippen LogP) is 4.42. The third-order valence-electron chi connectivity index (χ3n) is 4.36. The Morgan fingerprint density at radius 1 is 1.30 bits per heavy atom. The van der Waals surface area contributed by atoms with Crippen molar-refractivity contribution in [2.24, 2.45) is 9.50 Å². The number of amides is 2. The zero-order valence-corrected chi connectivity index (χ0v) is 19.5. The quantitative estimate of drug-likeness (QED) is 0.619. The number of carbonyl (C=O) groups excluding carboxylic acids is 1. The molecule has 30 heavy (non-hydrogen) atoms. The molecule has 8 nitrogen and oxygen atoms in total. The highest BCUT2D eigenvalue weighted by atomic mass is 32.2. The Morgan fingerprint density at radius 2 is 1.83 bits per heavy atom. The molecule has 2 rings (SSSR count). The Balaban J connectivity index is 2.48. The number of nitrogens with zero attached hydrogens (tertiary/aromatic N) is 3. The summed E-state index contributed by atoms with van der Waals surface area (Å²) in [4.78, 5) is 17.1. The van der Waals surface area contributed by atoms with Crippen LogP contribution < -0.4 is 10.5 Å². The number of nitrogens with one attached hydrogen (secondary N) is 1. The molecule has 0 aliphatic carbocycles. The van der Waals surface area contributed by atoms with Gasteiger partial charge in [-0.05, 0) is 48.9 Å². The van der Waals surface area contributed by atoms with Gasteiger partial charge in [-0.1, -0.05) is 27.7 Å². The number of nitrogens with two attached hydrogens (primary N) is 1. The van der Waals surface area contributed by atoms with E-state index in [9.17, 15) is 19.4 Å². The van der Waals surface area contributed by atoms with E-state index < -0.39 is 21.5 Å². The van der Waals surface area contributed by atoms with Gasteiger partial charge in [0.2, 0.25) is 4.34 Å². The van der Waals surface area contributed by atoms with Gasteiger partial charge >= 0.3 is 6.03 Å². The van der Waals surface area contributed by atoms with E-state index in [1.165, 1.54) is 6.20 Å². The first-order valence-corrected chi connectivity index (χ1v) is 11.8. The number of hydrogen-bond acceptors (Lipinski definition) is 6. The minimum atomic E-state index is -3.59. The third-order valence-corrected chi connectivity index (χ3v) is 7.47. The molecule has 0 spiro atoms. The van der Waals surface area contributed by atoms with Gasteiger partial charge in [0.05, 0.1) is 22.1 Å². The summed E-state index contributed by atoms with van der Waals surface area (Å²) in [6.07, 6.45) is 1.37. The number of aromatic nitrogens is 1. The molecular formula is C20H27N5O3S2. The van der Waals surface area contributed by atoms with Crippen LogP contribution in [-0.4, -0.2) is 20.3 Å². The van der Waals surface area contributed by atoms with Crippen LogP contribution in [0.5, 0.6) is 0 Å². The topological polar surface area (TPSA) is 141 Å². The fraction of sp³-hybridized carbons (Fsp3) is 0.450. The smallest absolute Gasteiger partial charge is 0.354 e. The molecule has 2 aromatic rings. The second-order valence-electron chi connectivity index (χ2n) is 8.09. The van der Waals surface area contributed by atoms with Crippen molar-refractivity contribution in [2.45, 2.75) is 63.3 Å². The highest BCUT2D eigenvalue weighted by Gasteiger charge is 2.24. The summed E-state index contributed by atoms with van der Waals surface area (Å²) in [5.74, 6) is 0.0586. The van der Waals surface area contributed by atoms with Crippen molar-refractivity contribution in [3.05, 3.63) is 39.9 Å². The molecule has 0 fully saturated rings. The molecule has 0 unspecified atom stereocenters. The van der Waals surface area contributed by atoms with Gasteiger partial charge in [0.25, 0.3) is 0 Å². The lowest BCUT2D eigenvalue weighted by Crippen LogP contribution is -2.19. The Labute approximate surface area is 181 Å². The van der Waals surface area contributed by atoms with Crippen molar-refractivity contribution in [1.29, 1.82) is 5.26 Å². The number of nitriles is 1. The Kier molecular flexibility index (Phi) is 7.04. The van der Waals surface area contributed by atoms with Gasteiger partial charge in [0.15, 0.2) is 9.92 Å². The van der Waals surface area contributed by atoms with Gasteiger partial charge in [-0.2, -0.15) is 5.26 Å². The van der Waals surface area contributed by atoms with Crippen LogP contribution in [0.3, 0.4) is 0 Å². The molecule has 0 saturated heterocycles. The lowest BCUT2D eigenvalue weighted by atomic mass is 9.90. The maximum atomic E-state index is 12.8. The predicted molar refractivity (Wildman–Crippen MR) is 119 cm³/mol. The molecule has 1 atom stereocenters. The summed E-state index contributed by atoms with van der Waals surface area (Å²) < 4.78 is 16.5. The average molecular weight is 450 g/mol. The molecule has 1 heterocycles. The number of urea groups is 1. The van der Waals surface area contributed by atoms with Crippen LogP contribution in [0.15, 0.2) is 27.0 Å². The van der Waals surface area contributed by atoms with E-state index in [2.05, 4.69) is 20.7 Å². The van der Waals surface area contributed by atoms with Crippen molar-refractivity contribution in [3.63, 3.8) is 0 Å². The zero-order chi connectivity index (χ0) is 22.9. The number of benzene rings is 1. The Hall–Kier alpha value is -2.32. The van der Waals surface area contributed by atoms with E-state index >= 15 is 0 Å². The first-order valence-electron chi connectivity index (χ1n) is 9.38. The second kappa shape index (κ2) is 8.81. The normalized spacial score (nSPS) is 13.8. The lowest BCUT2D eigenvalue weighted by molar-refractivity contribution is 0.0823. The summed E-state index contributed by atoms with van der Waals surface area (Å²) in [6, 6.07) is 4.73. The molecular weight excluding hydrogens is 422 g/mol. The second-order valence-corrected chi connectivity index (χ2v) is 11.1. The maximum Gasteiger partial charge on any atom is 0.354 e. The van der Waals surface area contributed by atoms with Crippen molar-refractivity contribution in [1.82, 2.24) is 4.98 Å². The summed E-state index contributed by atoms with van der Waals surface area (Å²) in [7, 11) is -3.59. The highest BCUT2D eigenvalue weighted by molar-refractivity contribution is 7.93. The van der Waals surface area contributed by atoms with Crippen molar-refractivity contribution < 1.29 is 14.1 Å². The van der Waals surface area contributed by atoms with Gasteiger partial charge in [0.1, 0.15) is 0 Å². The van der Waals surface area contributed by atoms with Gasteiger partial charge in [-0.15, -0.1) is 15.7 Å². The van der Waals surface area contributed by atoms with E-state index in [0.29, 0.717) is 16.1 Å². The van der Waals surface area contributed by atoms with Crippen LogP contribution >= 0.6 is 11.3 Å². The van der Waals surface area contributed by atoms with Crippen LogP contribution in [0.25, 0.3) is 0 Å². The SMILES string of the molecule is CC(C)c1cc(C#N)cc(C(C)C)c1NC(=O)N=[S@@](N)(=O)c1ncc(C(C)(C)O)s1. The van der Waals surface area contributed by atoms with E-state index in [1.807, 2.05) is 27.7 Å². The van der Waals surface area contributed by atoms with Crippen molar-refractivity contribution in [3.8, 4) is 6.07 Å². The monoisotopic (exact) mass is 449 g/mol. The van der Waals surface area contributed by atoms with Crippen LogP contribution in [0.1, 0.15) is 74.9 Å². The van der Waals surface area contributed by atoms with Crippen LogP contribution in [0.4, 0.5) is 10.5 Å². The van der Waals surface area contributed by atoms with Gasteiger partial charge < -0.3 is 10.4 Å². The number of thiazole rings is 1. The number of aliphatic hydroxyl groups is 1. The van der Waals surface area contributed by atoms with Gasteiger partial charge in [0, 0.05) is 11.9 Å². The first kappa shape index (κ1) is 24.0. The molecule has 4 N–H and O–H groups in total. The molecule has 1 aromatic carbocycles. The molecule has 0 saturated carbocycles. The van der Waals surface area contributed by atoms with E-state index in [1.54, 1.807) is 26.0 Å². The third kappa shape index (κ3) is 5.43. The number of anilines is 1. The fourth-order valence-electron chi connectivity index (χ4n) is 2.78. The zero-order valence-electron chi connectivity index (χ0n) is 17.9. The molecule has 10 heteroatoms. The minimum Gasteiger partial charge on any atom is -0.385 e. The first-order chi connectivity index (χ1) is 13.8. The molecule has 0 bridgehead atoms. The maximum absolute atomic E-state index is 12.8. The molecule has 2 amide bonds. The molecule has 0 aliphatic heterocycles. The standard InChI is InChI=1S/C20H27N5O3S2/c1-11(2)14-7-13(9-21)8-15(12(3)4)17(14)24-18(26)25-30(22,28)19-23-10-16(29-19)20(5,6)27/h7-8,10-12,27H,1-6H3,(H3,22,24,25,26,28)/t30-/m1/s1. The summed E-state index contributed by atoms with van der Waals surface area (Å²) in [6.45, 7) is 10.9. The van der Waals surface area contributed by atoms with Crippen LogP contribution in [0.2, 0.25) is 0 Å². The summed E-state index contributed by atoms with van der Waals surface area (Å²) in [5, 5.41) is 27.9. The van der Waals surface area contributed by atoms with Crippen molar-refractivity contribution in [2.75, 3.05) is 5.32 Å². The van der Waals surface area contributed by atoms with E-state index in [-0.39, 0.29) is 16.2 Å². The Bertz CT molecular complexity index is 1090. The van der Waals surface area contributed by atoms with E-state index in [4.69, 9.17) is 5.14 Å². The van der Waals surface area contributed by atoms with E-state index in [0.717, 1.165) is 22.5 Å². The minimum absolute atomic E-state index is 0.0293.